The third-order valence-electron chi connectivity index (χ3n) is 3.07. The molecule has 1 amide bonds. The van der Waals surface area contributed by atoms with E-state index in [1.165, 1.54) is 0 Å². The van der Waals surface area contributed by atoms with Crippen LogP contribution in [0, 0.1) is 11.6 Å². The Balaban J connectivity index is 2.98. The van der Waals surface area contributed by atoms with E-state index in [9.17, 15) is 13.6 Å². The van der Waals surface area contributed by atoms with Crippen molar-refractivity contribution >= 4 is 21.8 Å². The molecule has 1 aromatic carbocycles. The fraction of sp³-hybridized carbons (Fsp3) is 0.533. The van der Waals surface area contributed by atoms with Crippen LogP contribution < -0.4 is 0 Å². The molecule has 5 heteroatoms. The molecule has 0 aliphatic rings. The van der Waals surface area contributed by atoms with Crippen molar-refractivity contribution in [2.75, 3.05) is 13.1 Å². The predicted octanol–water partition coefficient (Wildman–Crippen LogP) is 4.77. The number of carbonyl (C=O) groups excluding carboxylic acids is 1. The summed E-state index contributed by atoms with van der Waals surface area (Å²) in [7, 11) is 0. The summed E-state index contributed by atoms with van der Waals surface area (Å²) in [5, 5.41) is 0. The Morgan fingerprint density at radius 3 is 1.95 bits per heavy atom. The van der Waals surface area contributed by atoms with E-state index in [0.717, 1.165) is 37.8 Å². The molecule has 0 aliphatic carbocycles. The number of rotatable bonds is 7. The van der Waals surface area contributed by atoms with Crippen LogP contribution in [0.15, 0.2) is 16.6 Å². The van der Waals surface area contributed by atoms with Crippen molar-refractivity contribution in [1.82, 2.24) is 4.90 Å². The topological polar surface area (TPSA) is 20.3 Å². The van der Waals surface area contributed by atoms with E-state index in [0.29, 0.717) is 13.1 Å². The number of hydrogen-bond donors (Lipinski definition) is 0. The lowest BCUT2D eigenvalue weighted by atomic mass is 10.1. The van der Waals surface area contributed by atoms with Gasteiger partial charge in [0.25, 0.3) is 5.91 Å². The van der Waals surface area contributed by atoms with E-state index in [4.69, 9.17) is 0 Å². The second-order valence-corrected chi connectivity index (χ2v) is 5.66. The Morgan fingerprint density at radius 1 is 1.10 bits per heavy atom. The van der Waals surface area contributed by atoms with Gasteiger partial charge in [-0.3, -0.25) is 4.79 Å². The number of amides is 1. The zero-order valence-electron chi connectivity index (χ0n) is 11.9. The standard InChI is InChI=1S/C15H20BrF2NO/c1-3-5-7-19(8-6-4-2)15(20)14-12(17)9-11(16)10-13(14)18/h9-10H,3-8H2,1-2H3. The van der Waals surface area contributed by atoms with Crippen molar-refractivity contribution in [3.8, 4) is 0 Å². The van der Waals surface area contributed by atoms with Crippen molar-refractivity contribution in [1.29, 1.82) is 0 Å². The molecule has 20 heavy (non-hydrogen) atoms. The van der Waals surface area contributed by atoms with E-state index in [1.807, 2.05) is 13.8 Å². The first-order valence-electron chi connectivity index (χ1n) is 6.95. The smallest absolute Gasteiger partial charge is 0.259 e. The van der Waals surface area contributed by atoms with Gasteiger partial charge >= 0.3 is 0 Å². The molecule has 0 atom stereocenters. The van der Waals surface area contributed by atoms with Crippen LogP contribution >= 0.6 is 15.9 Å². The Bertz CT molecular complexity index is 434. The quantitative estimate of drug-likeness (QED) is 0.695. The first-order chi connectivity index (χ1) is 9.51. The highest BCUT2D eigenvalue weighted by molar-refractivity contribution is 9.10. The first-order valence-corrected chi connectivity index (χ1v) is 7.74. The molecule has 0 saturated carbocycles. The highest BCUT2D eigenvalue weighted by atomic mass is 79.9. The Kier molecular flexibility index (Phi) is 7.13. The summed E-state index contributed by atoms with van der Waals surface area (Å²) >= 11 is 3.01. The van der Waals surface area contributed by atoms with Crippen LogP contribution in [0.2, 0.25) is 0 Å². The van der Waals surface area contributed by atoms with Crippen LogP contribution in [0.25, 0.3) is 0 Å². The SMILES string of the molecule is CCCCN(CCCC)C(=O)c1c(F)cc(Br)cc1F. The van der Waals surface area contributed by atoms with E-state index in [2.05, 4.69) is 15.9 Å². The van der Waals surface area contributed by atoms with Gasteiger partial charge in [0, 0.05) is 17.6 Å². The lowest BCUT2D eigenvalue weighted by Gasteiger charge is -2.23. The average Bonchev–Trinajstić information content (AvgIpc) is 2.37. The molecule has 0 saturated heterocycles. The molecule has 2 nitrogen and oxygen atoms in total. The molecule has 0 aromatic heterocycles. The maximum Gasteiger partial charge on any atom is 0.259 e. The number of hydrogen-bond acceptors (Lipinski definition) is 1. The third-order valence-corrected chi connectivity index (χ3v) is 3.53. The predicted molar refractivity (Wildman–Crippen MR) is 79.8 cm³/mol. The molecule has 0 aliphatic heterocycles. The molecule has 0 fully saturated rings. The summed E-state index contributed by atoms with van der Waals surface area (Å²) < 4.78 is 28.0. The van der Waals surface area contributed by atoms with Gasteiger partial charge in [0.2, 0.25) is 0 Å². The van der Waals surface area contributed by atoms with E-state index >= 15 is 0 Å². The molecule has 0 unspecified atom stereocenters. The molecular formula is C15H20BrF2NO. The number of nitrogens with zero attached hydrogens (tertiary/aromatic N) is 1. The lowest BCUT2D eigenvalue weighted by molar-refractivity contribution is 0.0741. The summed E-state index contributed by atoms with van der Waals surface area (Å²) in [6.07, 6.45) is 3.52. The van der Waals surface area contributed by atoms with Gasteiger partial charge in [-0.1, -0.05) is 42.6 Å². The number of unbranched alkanes of at least 4 members (excludes halogenated alkanes) is 2. The van der Waals surface area contributed by atoms with Crippen LogP contribution in [0.5, 0.6) is 0 Å². The lowest BCUT2D eigenvalue weighted by Crippen LogP contribution is -2.34. The molecule has 0 heterocycles. The van der Waals surface area contributed by atoms with Gasteiger partial charge in [-0.2, -0.15) is 0 Å². The van der Waals surface area contributed by atoms with E-state index < -0.39 is 23.1 Å². The Labute approximate surface area is 127 Å². The van der Waals surface area contributed by atoms with E-state index in [1.54, 1.807) is 4.90 Å². The minimum atomic E-state index is -0.820. The fourth-order valence-electron chi connectivity index (χ4n) is 1.92. The molecule has 0 spiro atoms. The van der Waals surface area contributed by atoms with Gasteiger partial charge in [0.05, 0.1) is 0 Å². The van der Waals surface area contributed by atoms with Crippen molar-refractivity contribution < 1.29 is 13.6 Å². The maximum absolute atomic E-state index is 13.8. The Morgan fingerprint density at radius 2 is 1.55 bits per heavy atom. The third kappa shape index (κ3) is 4.54. The molecule has 112 valence electrons. The van der Waals surface area contributed by atoms with Gasteiger partial charge < -0.3 is 4.90 Å². The van der Waals surface area contributed by atoms with Gasteiger partial charge in [-0.25, -0.2) is 8.78 Å². The zero-order valence-corrected chi connectivity index (χ0v) is 13.5. The molecule has 0 bridgehead atoms. The highest BCUT2D eigenvalue weighted by Crippen LogP contribution is 2.21. The largest absolute Gasteiger partial charge is 0.338 e. The van der Waals surface area contributed by atoms with Crippen molar-refractivity contribution in [2.45, 2.75) is 39.5 Å². The second kappa shape index (κ2) is 8.35. The van der Waals surface area contributed by atoms with Gasteiger partial charge in [0.15, 0.2) is 0 Å². The normalized spacial score (nSPS) is 10.7. The molecule has 1 aromatic rings. The number of benzene rings is 1. The summed E-state index contributed by atoms with van der Waals surface area (Å²) in [4.78, 5) is 13.9. The number of carbonyl (C=O) groups is 1. The summed E-state index contributed by atoms with van der Waals surface area (Å²) in [6.45, 7) is 5.10. The van der Waals surface area contributed by atoms with Gasteiger partial charge in [0.1, 0.15) is 17.2 Å². The summed E-state index contributed by atoms with van der Waals surface area (Å²) in [5.41, 5.74) is -0.458. The van der Waals surface area contributed by atoms with E-state index in [-0.39, 0.29) is 4.47 Å². The van der Waals surface area contributed by atoms with Crippen molar-refractivity contribution in [2.24, 2.45) is 0 Å². The van der Waals surface area contributed by atoms with Crippen LogP contribution in [-0.2, 0) is 0 Å². The van der Waals surface area contributed by atoms with Crippen LogP contribution in [0.1, 0.15) is 49.9 Å². The average molecular weight is 348 g/mol. The van der Waals surface area contributed by atoms with Crippen molar-refractivity contribution in [3.05, 3.63) is 33.8 Å². The monoisotopic (exact) mass is 347 g/mol. The molecule has 0 radical (unpaired) electrons. The Hall–Kier alpha value is -0.970. The fourth-order valence-corrected chi connectivity index (χ4v) is 2.32. The van der Waals surface area contributed by atoms with Crippen LogP contribution in [0.4, 0.5) is 8.78 Å². The minimum absolute atomic E-state index is 0.290. The van der Waals surface area contributed by atoms with Gasteiger partial charge in [-0.05, 0) is 25.0 Å². The van der Waals surface area contributed by atoms with Crippen LogP contribution in [0.3, 0.4) is 0 Å². The molecule has 0 N–H and O–H groups in total. The van der Waals surface area contributed by atoms with Crippen molar-refractivity contribution in [3.63, 3.8) is 0 Å². The highest BCUT2D eigenvalue weighted by Gasteiger charge is 2.23. The summed E-state index contributed by atoms with van der Waals surface area (Å²) in [5.74, 6) is -2.20. The minimum Gasteiger partial charge on any atom is -0.338 e. The maximum atomic E-state index is 13.8. The zero-order chi connectivity index (χ0) is 15.1. The number of halogens is 3. The van der Waals surface area contributed by atoms with Gasteiger partial charge in [-0.15, -0.1) is 0 Å². The molecular weight excluding hydrogens is 328 g/mol. The summed E-state index contributed by atoms with van der Waals surface area (Å²) in [6, 6.07) is 2.24. The molecule has 1 rings (SSSR count). The second-order valence-electron chi connectivity index (χ2n) is 4.74. The first kappa shape index (κ1) is 17.1. The van der Waals surface area contributed by atoms with Crippen LogP contribution in [-0.4, -0.2) is 23.9 Å².